The first-order valence-electron chi connectivity index (χ1n) is 4.09. The van der Waals surface area contributed by atoms with Gasteiger partial charge in [-0.2, -0.15) is 5.26 Å². The summed E-state index contributed by atoms with van der Waals surface area (Å²) in [5, 5.41) is 8.63. The quantitative estimate of drug-likeness (QED) is 0.659. The summed E-state index contributed by atoms with van der Waals surface area (Å²) in [6.07, 6.45) is 0. The Morgan fingerprint density at radius 3 is 2.08 bits per heavy atom. The molecule has 0 spiro atoms. The average molecular weight is 184 g/mol. The number of amides is 1. The third kappa shape index (κ3) is 4.48. The molecule has 0 aliphatic carbocycles. The van der Waals surface area contributed by atoms with Gasteiger partial charge in [-0.05, 0) is 34.6 Å². The Kier molecular flexibility index (Phi) is 3.44. The summed E-state index contributed by atoms with van der Waals surface area (Å²) >= 11 is 0. The first kappa shape index (κ1) is 11.9. The van der Waals surface area contributed by atoms with Gasteiger partial charge in [0.25, 0.3) is 5.91 Å². The highest BCUT2D eigenvalue weighted by Gasteiger charge is 2.28. The SMILES string of the molecule is CC(C)(C)ONC(=O)C(C)(C)C#N. The van der Waals surface area contributed by atoms with Gasteiger partial charge in [-0.1, -0.05) is 0 Å². The smallest absolute Gasteiger partial charge is 0.263 e. The van der Waals surface area contributed by atoms with E-state index in [1.165, 1.54) is 13.8 Å². The van der Waals surface area contributed by atoms with E-state index in [0.717, 1.165) is 0 Å². The second kappa shape index (κ2) is 3.75. The van der Waals surface area contributed by atoms with Gasteiger partial charge in [0, 0.05) is 0 Å². The van der Waals surface area contributed by atoms with Crippen molar-refractivity contribution in [3.05, 3.63) is 0 Å². The molecule has 0 aromatic carbocycles. The zero-order valence-electron chi connectivity index (χ0n) is 8.76. The van der Waals surface area contributed by atoms with Crippen LogP contribution < -0.4 is 5.48 Å². The summed E-state index contributed by atoms with van der Waals surface area (Å²) in [6.45, 7) is 8.51. The number of carbonyl (C=O) groups excluding carboxylic acids is 1. The molecule has 0 aliphatic heterocycles. The van der Waals surface area contributed by atoms with Crippen LogP contribution >= 0.6 is 0 Å². The van der Waals surface area contributed by atoms with Crippen molar-refractivity contribution in [2.24, 2.45) is 5.41 Å². The molecule has 0 heterocycles. The van der Waals surface area contributed by atoms with Gasteiger partial charge >= 0.3 is 0 Å². The van der Waals surface area contributed by atoms with E-state index in [2.05, 4.69) is 5.48 Å². The molecule has 13 heavy (non-hydrogen) atoms. The van der Waals surface area contributed by atoms with Crippen molar-refractivity contribution < 1.29 is 9.63 Å². The third-order valence-electron chi connectivity index (χ3n) is 1.30. The summed E-state index contributed by atoms with van der Waals surface area (Å²) in [5.41, 5.74) is 0.759. The molecule has 74 valence electrons. The maximum atomic E-state index is 11.3. The predicted octanol–water partition coefficient (Wildman–Crippen LogP) is 1.38. The van der Waals surface area contributed by atoms with E-state index in [4.69, 9.17) is 10.1 Å². The minimum Gasteiger partial charge on any atom is -0.271 e. The minimum absolute atomic E-state index is 0.426. The Bertz CT molecular complexity index is 233. The molecular formula is C9H16N2O2. The van der Waals surface area contributed by atoms with E-state index >= 15 is 0 Å². The molecule has 0 unspecified atom stereocenters. The van der Waals surface area contributed by atoms with Crippen molar-refractivity contribution in [2.45, 2.75) is 40.2 Å². The van der Waals surface area contributed by atoms with Crippen LogP contribution in [0.25, 0.3) is 0 Å². The summed E-state index contributed by atoms with van der Waals surface area (Å²) in [7, 11) is 0. The maximum Gasteiger partial charge on any atom is 0.263 e. The molecule has 0 aromatic heterocycles. The van der Waals surface area contributed by atoms with Gasteiger partial charge in [0.05, 0.1) is 11.7 Å². The van der Waals surface area contributed by atoms with Crippen LogP contribution in [0.5, 0.6) is 0 Å². The highest BCUT2D eigenvalue weighted by molar-refractivity contribution is 5.83. The highest BCUT2D eigenvalue weighted by atomic mass is 16.7. The van der Waals surface area contributed by atoms with E-state index < -0.39 is 16.9 Å². The normalized spacial score (nSPS) is 12.0. The Labute approximate surface area is 78.8 Å². The molecule has 0 fully saturated rings. The lowest BCUT2D eigenvalue weighted by atomic mass is 9.95. The van der Waals surface area contributed by atoms with Crippen LogP contribution in [0.15, 0.2) is 0 Å². The minimum atomic E-state index is -1.05. The number of nitrogens with zero attached hydrogens (tertiary/aromatic N) is 1. The Balaban J connectivity index is 4.13. The third-order valence-corrected chi connectivity index (χ3v) is 1.30. The first-order chi connectivity index (χ1) is 5.69. The van der Waals surface area contributed by atoms with Crippen LogP contribution in [0, 0.1) is 16.7 Å². The first-order valence-corrected chi connectivity index (χ1v) is 4.09. The van der Waals surface area contributed by atoms with Gasteiger partial charge in [0.15, 0.2) is 0 Å². The molecule has 0 atom stereocenters. The van der Waals surface area contributed by atoms with Gasteiger partial charge in [0.1, 0.15) is 5.41 Å². The molecule has 4 nitrogen and oxygen atoms in total. The van der Waals surface area contributed by atoms with Gasteiger partial charge in [-0.3, -0.25) is 9.63 Å². The Hall–Kier alpha value is -1.08. The lowest BCUT2D eigenvalue weighted by molar-refractivity contribution is -0.151. The second-order valence-electron chi connectivity index (χ2n) is 4.38. The fourth-order valence-corrected chi connectivity index (χ4v) is 0.378. The van der Waals surface area contributed by atoms with E-state index in [1.54, 1.807) is 0 Å². The van der Waals surface area contributed by atoms with E-state index in [0.29, 0.717) is 0 Å². The van der Waals surface area contributed by atoms with Crippen LogP contribution in [0.1, 0.15) is 34.6 Å². The summed E-state index contributed by atoms with van der Waals surface area (Å²) in [6, 6.07) is 1.89. The molecule has 0 saturated carbocycles. The number of hydrogen-bond acceptors (Lipinski definition) is 3. The predicted molar refractivity (Wildman–Crippen MR) is 48.4 cm³/mol. The Morgan fingerprint density at radius 2 is 1.77 bits per heavy atom. The van der Waals surface area contributed by atoms with E-state index in [1.807, 2.05) is 26.8 Å². The highest BCUT2D eigenvalue weighted by Crippen LogP contribution is 2.13. The van der Waals surface area contributed by atoms with Gasteiger partial charge < -0.3 is 0 Å². The topological polar surface area (TPSA) is 62.1 Å². The number of nitriles is 1. The van der Waals surface area contributed by atoms with Crippen molar-refractivity contribution in [3.63, 3.8) is 0 Å². The fraction of sp³-hybridized carbons (Fsp3) is 0.778. The number of carbonyl (C=O) groups is 1. The molecule has 1 amide bonds. The van der Waals surface area contributed by atoms with Crippen LogP contribution in [0.4, 0.5) is 0 Å². The van der Waals surface area contributed by atoms with Crippen molar-refractivity contribution >= 4 is 5.91 Å². The van der Waals surface area contributed by atoms with Gasteiger partial charge in [0.2, 0.25) is 0 Å². The molecule has 0 radical (unpaired) electrons. The monoisotopic (exact) mass is 184 g/mol. The van der Waals surface area contributed by atoms with Crippen molar-refractivity contribution in [3.8, 4) is 6.07 Å². The molecule has 0 rings (SSSR count). The van der Waals surface area contributed by atoms with Crippen LogP contribution in [0.3, 0.4) is 0 Å². The van der Waals surface area contributed by atoms with Crippen molar-refractivity contribution in [1.29, 1.82) is 5.26 Å². The largest absolute Gasteiger partial charge is 0.271 e. The molecule has 0 aromatic rings. The molecule has 0 bridgehead atoms. The van der Waals surface area contributed by atoms with Crippen molar-refractivity contribution in [1.82, 2.24) is 5.48 Å². The second-order valence-corrected chi connectivity index (χ2v) is 4.38. The molecule has 0 saturated heterocycles. The molecule has 1 N–H and O–H groups in total. The summed E-state index contributed by atoms with van der Waals surface area (Å²) in [4.78, 5) is 16.3. The maximum absolute atomic E-state index is 11.3. The summed E-state index contributed by atoms with van der Waals surface area (Å²) in [5.74, 6) is -0.426. The van der Waals surface area contributed by atoms with Crippen LogP contribution in [-0.4, -0.2) is 11.5 Å². The van der Waals surface area contributed by atoms with Gasteiger partial charge in [-0.15, -0.1) is 0 Å². The van der Waals surface area contributed by atoms with Crippen LogP contribution in [0.2, 0.25) is 0 Å². The van der Waals surface area contributed by atoms with Gasteiger partial charge in [-0.25, -0.2) is 5.48 Å². The molecule has 4 heteroatoms. The Morgan fingerprint density at radius 1 is 1.31 bits per heavy atom. The van der Waals surface area contributed by atoms with E-state index in [-0.39, 0.29) is 0 Å². The average Bonchev–Trinajstić information content (AvgIpc) is 1.98. The van der Waals surface area contributed by atoms with Crippen LogP contribution in [-0.2, 0) is 9.63 Å². The number of rotatable bonds is 2. The number of nitrogens with one attached hydrogen (secondary N) is 1. The zero-order chi connectivity index (χ0) is 10.7. The fourth-order valence-electron chi connectivity index (χ4n) is 0.378. The van der Waals surface area contributed by atoms with Crippen molar-refractivity contribution in [2.75, 3.05) is 0 Å². The summed E-state index contributed by atoms with van der Waals surface area (Å²) < 4.78 is 0. The number of hydroxylamine groups is 1. The lowest BCUT2D eigenvalue weighted by Gasteiger charge is -2.22. The zero-order valence-corrected chi connectivity index (χ0v) is 8.76. The lowest BCUT2D eigenvalue weighted by Crippen LogP contribution is -2.40. The standard InChI is InChI=1S/C9H16N2O2/c1-8(2,3)13-11-7(12)9(4,5)6-10/h1-5H3,(H,11,12). The van der Waals surface area contributed by atoms with E-state index in [9.17, 15) is 4.79 Å². The molecule has 0 aliphatic rings. The molecular weight excluding hydrogens is 168 g/mol. The number of hydrogen-bond donors (Lipinski definition) is 1.